The highest BCUT2D eigenvalue weighted by Crippen LogP contribution is 2.40. The smallest absolute Gasteiger partial charge is 0.307 e. The van der Waals surface area contributed by atoms with E-state index < -0.39 is 0 Å². The predicted octanol–water partition coefficient (Wildman–Crippen LogP) is 3.72. The van der Waals surface area contributed by atoms with E-state index in [1.807, 2.05) is 36.4 Å². The van der Waals surface area contributed by atoms with Crippen molar-refractivity contribution in [3.8, 4) is 5.69 Å². The lowest BCUT2D eigenvalue weighted by molar-refractivity contribution is -0.140. The molecule has 0 saturated carbocycles. The highest BCUT2D eigenvalue weighted by Gasteiger charge is 2.41. The number of carbonyl (C=O) groups is 1. The zero-order valence-electron chi connectivity index (χ0n) is 17.0. The van der Waals surface area contributed by atoms with Crippen LogP contribution in [0.3, 0.4) is 0 Å². The van der Waals surface area contributed by atoms with Crippen molar-refractivity contribution in [2.75, 3.05) is 13.7 Å². The number of esters is 1. The van der Waals surface area contributed by atoms with Crippen molar-refractivity contribution in [1.82, 2.24) is 19.8 Å². The van der Waals surface area contributed by atoms with E-state index >= 15 is 0 Å². The Kier molecular flexibility index (Phi) is 5.81. The molecule has 2 atom stereocenters. The van der Waals surface area contributed by atoms with Crippen LogP contribution in [0.5, 0.6) is 0 Å². The van der Waals surface area contributed by atoms with Gasteiger partial charge in [-0.1, -0.05) is 24.3 Å². The molecule has 0 aliphatic carbocycles. The van der Waals surface area contributed by atoms with Gasteiger partial charge in [-0.3, -0.25) is 9.78 Å². The van der Waals surface area contributed by atoms with Crippen molar-refractivity contribution < 1.29 is 9.53 Å². The maximum atomic E-state index is 11.8. The van der Waals surface area contributed by atoms with E-state index in [1.54, 1.807) is 6.20 Å². The highest BCUT2D eigenvalue weighted by atomic mass is 32.1. The number of aryl methyl sites for hydroxylation is 1. The van der Waals surface area contributed by atoms with Gasteiger partial charge in [-0.15, -0.1) is 0 Å². The average molecular weight is 421 g/mol. The lowest BCUT2D eigenvalue weighted by Crippen LogP contribution is -2.32. The third kappa shape index (κ3) is 3.80. The number of carbonyl (C=O) groups excluding carboxylic acids is 1. The van der Waals surface area contributed by atoms with Crippen LogP contribution in [-0.4, -0.2) is 39.2 Å². The topological polar surface area (TPSA) is 59.4 Å². The molecule has 0 amide bonds. The van der Waals surface area contributed by atoms with Crippen molar-refractivity contribution in [2.45, 2.75) is 25.4 Å². The first kappa shape index (κ1) is 20.1. The van der Waals surface area contributed by atoms with E-state index in [2.05, 4.69) is 51.0 Å². The molecule has 0 spiro atoms. The van der Waals surface area contributed by atoms with Crippen LogP contribution in [0.4, 0.5) is 0 Å². The molecule has 2 aromatic heterocycles. The monoisotopic (exact) mass is 420 g/mol. The van der Waals surface area contributed by atoms with Crippen LogP contribution in [0.2, 0.25) is 0 Å². The van der Waals surface area contributed by atoms with Crippen molar-refractivity contribution in [3.05, 3.63) is 83.9 Å². The Hall–Kier alpha value is -3.19. The van der Waals surface area contributed by atoms with Gasteiger partial charge in [0.15, 0.2) is 5.11 Å². The van der Waals surface area contributed by atoms with E-state index in [9.17, 15) is 4.79 Å². The Balaban J connectivity index is 1.79. The summed E-state index contributed by atoms with van der Waals surface area (Å²) >= 11 is 5.68. The van der Waals surface area contributed by atoms with Crippen LogP contribution < -0.4 is 5.32 Å². The fraction of sp³-hybridized carbons (Fsp3) is 0.261. The van der Waals surface area contributed by atoms with Gasteiger partial charge in [0.25, 0.3) is 0 Å². The summed E-state index contributed by atoms with van der Waals surface area (Å²) in [6.45, 7) is 2.55. The Labute approximate surface area is 181 Å². The first-order valence-corrected chi connectivity index (χ1v) is 10.3. The Morgan fingerprint density at radius 1 is 1.13 bits per heavy atom. The summed E-state index contributed by atoms with van der Waals surface area (Å²) in [5, 5.41) is 4.04. The first-order valence-electron chi connectivity index (χ1n) is 9.88. The summed E-state index contributed by atoms with van der Waals surface area (Å²) in [7, 11) is 1.40. The van der Waals surface area contributed by atoms with Crippen molar-refractivity contribution in [1.29, 1.82) is 0 Å². The molecule has 1 N–H and O–H groups in total. The molecule has 154 valence electrons. The van der Waals surface area contributed by atoms with E-state index in [0.29, 0.717) is 11.7 Å². The number of nitrogens with one attached hydrogen (secondary N) is 1. The van der Waals surface area contributed by atoms with Gasteiger partial charge in [0.05, 0.1) is 31.3 Å². The summed E-state index contributed by atoms with van der Waals surface area (Å²) in [4.78, 5) is 18.5. The summed E-state index contributed by atoms with van der Waals surface area (Å²) in [6, 6.07) is 20.1. The van der Waals surface area contributed by atoms with Crippen molar-refractivity contribution in [3.63, 3.8) is 0 Å². The molecule has 3 heterocycles. The van der Waals surface area contributed by atoms with Crippen LogP contribution in [0.15, 0.2) is 66.9 Å². The highest BCUT2D eigenvalue weighted by molar-refractivity contribution is 7.80. The molecule has 0 unspecified atom stereocenters. The predicted molar refractivity (Wildman–Crippen MR) is 119 cm³/mol. The Morgan fingerprint density at radius 2 is 1.90 bits per heavy atom. The second kappa shape index (κ2) is 8.67. The lowest BCUT2D eigenvalue weighted by Gasteiger charge is -2.29. The van der Waals surface area contributed by atoms with E-state index in [-0.39, 0.29) is 24.5 Å². The molecule has 3 aromatic rings. The van der Waals surface area contributed by atoms with Gasteiger partial charge in [-0.05, 0) is 55.5 Å². The number of benzene rings is 1. The van der Waals surface area contributed by atoms with Crippen LogP contribution in [-0.2, 0) is 9.53 Å². The van der Waals surface area contributed by atoms with Gasteiger partial charge < -0.3 is 19.5 Å². The van der Waals surface area contributed by atoms with Crippen LogP contribution >= 0.6 is 12.2 Å². The summed E-state index contributed by atoms with van der Waals surface area (Å²) in [5.41, 5.74) is 4.21. The Morgan fingerprint density at radius 3 is 2.60 bits per heavy atom. The quantitative estimate of drug-likeness (QED) is 0.485. The molecule has 1 aliphatic heterocycles. The van der Waals surface area contributed by atoms with E-state index in [1.165, 1.54) is 7.11 Å². The molecule has 1 aliphatic rings. The van der Waals surface area contributed by atoms with E-state index in [4.69, 9.17) is 17.0 Å². The zero-order chi connectivity index (χ0) is 21.1. The molecule has 6 nitrogen and oxygen atoms in total. The Bertz CT molecular complexity index is 1040. The summed E-state index contributed by atoms with van der Waals surface area (Å²) in [5.74, 6) is -0.257. The third-order valence-electron chi connectivity index (χ3n) is 5.41. The molecule has 1 fully saturated rings. The molecular weight excluding hydrogens is 396 g/mol. The minimum Gasteiger partial charge on any atom is -0.469 e. The molecule has 7 heteroatoms. The minimum atomic E-state index is -0.257. The van der Waals surface area contributed by atoms with Crippen LogP contribution in [0, 0.1) is 6.92 Å². The van der Waals surface area contributed by atoms with E-state index in [0.717, 1.165) is 22.8 Å². The molecule has 0 radical (unpaired) electrons. The van der Waals surface area contributed by atoms with Gasteiger partial charge in [-0.25, -0.2) is 0 Å². The van der Waals surface area contributed by atoms with Gasteiger partial charge >= 0.3 is 5.97 Å². The zero-order valence-corrected chi connectivity index (χ0v) is 17.8. The number of aromatic nitrogens is 2. The summed E-state index contributed by atoms with van der Waals surface area (Å²) in [6.07, 6.45) is 2.05. The normalized spacial score (nSPS) is 18.3. The summed E-state index contributed by atoms with van der Waals surface area (Å²) < 4.78 is 7.09. The van der Waals surface area contributed by atoms with Gasteiger partial charge in [-0.2, -0.15) is 0 Å². The number of nitrogens with zero attached hydrogens (tertiary/aromatic N) is 3. The first-order chi connectivity index (χ1) is 14.6. The standard InChI is InChI=1S/C23H24N4O2S/c1-16-11-12-19(27(16)17-8-4-3-5-9-17)22-21(18-10-6-7-14-24-18)25-23(30)26(22)15-13-20(28)29-2/h3-12,14,21-22H,13,15H2,1-2H3,(H,25,30)/t21-,22+/m0/s1. The number of ether oxygens (including phenoxy) is 1. The van der Waals surface area contributed by atoms with Crippen LogP contribution in [0.1, 0.15) is 35.6 Å². The third-order valence-corrected chi connectivity index (χ3v) is 5.76. The van der Waals surface area contributed by atoms with Gasteiger partial charge in [0.1, 0.15) is 0 Å². The number of hydrogen-bond donors (Lipinski definition) is 1. The fourth-order valence-corrected chi connectivity index (χ4v) is 4.33. The molecule has 0 bridgehead atoms. The largest absolute Gasteiger partial charge is 0.469 e. The number of para-hydroxylation sites is 1. The lowest BCUT2D eigenvalue weighted by atomic mass is 10.0. The SMILES string of the molecule is COC(=O)CCN1C(=S)N[C@@H](c2ccccn2)[C@H]1c1ccc(C)n1-c1ccccc1. The molecular formula is C23H24N4O2S. The number of thiocarbonyl (C=S) groups is 1. The number of hydrogen-bond acceptors (Lipinski definition) is 4. The molecule has 4 rings (SSSR count). The van der Waals surface area contributed by atoms with Crippen LogP contribution in [0.25, 0.3) is 5.69 Å². The minimum absolute atomic E-state index is 0.119. The van der Waals surface area contributed by atoms with Crippen molar-refractivity contribution >= 4 is 23.3 Å². The number of methoxy groups -OCH3 is 1. The second-order valence-corrected chi connectivity index (χ2v) is 7.60. The number of pyridine rings is 1. The second-order valence-electron chi connectivity index (χ2n) is 7.22. The average Bonchev–Trinajstić information content (AvgIpc) is 3.32. The van der Waals surface area contributed by atoms with Gasteiger partial charge in [0, 0.05) is 29.8 Å². The maximum absolute atomic E-state index is 11.8. The maximum Gasteiger partial charge on any atom is 0.307 e. The van der Waals surface area contributed by atoms with Gasteiger partial charge in [0.2, 0.25) is 0 Å². The van der Waals surface area contributed by atoms with Crippen molar-refractivity contribution in [2.24, 2.45) is 0 Å². The fourth-order valence-electron chi connectivity index (χ4n) is 4.00. The number of rotatable bonds is 6. The molecule has 1 aromatic carbocycles. The molecule has 1 saturated heterocycles. The molecule has 30 heavy (non-hydrogen) atoms.